The topological polar surface area (TPSA) is 47.0 Å². The zero-order valence-corrected chi connectivity index (χ0v) is 14.8. The van der Waals surface area contributed by atoms with Gasteiger partial charge in [0.05, 0.1) is 0 Å². The minimum absolute atomic E-state index is 0.218. The molecule has 1 unspecified atom stereocenters. The van der Waals surface area contributed by atoms with Crippen molar-refractivity contribution in [1.82, 2.24) is 14.7 Å². The van der Waals surface area contributed by atoms with E-state index < -0.39 is 5.97 Å². The monoisotopic (exact) mass is 313 g/mol. The number of nitrogens with zero attached hydrogens (tertiary/aromatic N) is 3. The number of hydrogen-bond donors (Lipinski definition) is 1. The Morgan fingerprint density at radius 2 is 1.23 bits per heavy atom. The molecule has 0 aromatic rings. The molecule has 0 amide bonds. The molecule has 22 heavy (non-hydrogen) atoms. The summed E-state index contributed by atoms with van der Waals surface area (Å²) in [5.74, 6) is -0.685. The van der Waals surface area contributed by atoms with E-state index >= 15 is 0 Å². The fourth-order valence-electron chi connectivity index (χ4n) is 3.15. The quantitative estimate of drug-likeness (QED) is 0.802. The van der Waals surface area contributed by atoms with Crippen LogP contribution in [0.25, 0.3) is 0 Å². The standard InChI is InChI=1S/C6H11NO2.C6H13N.C5H11N/c1-7-4-2-3-5(7)6(8)9;1-7-5-3-2-4-6-7;1-6-4-2-3-5-6/h5H,2-4H2,1H3,(H,8,9);2-6H2,1H3;2-5H2,1H3. The van der Waals surface area contributed by atoms with Gasteiger partial charge in [0, 0.05) is 0 Å². The molecule has 3 aliphatic heterocycles. The Bertz CT molecular complexity index is 300. The van der Waals surface area contributed by atoms with Gasteiger partial charge in [0.1, 0.15) is 6.04 Å². The van der Waals surface area contributed by atoms with Crippen LogP contribution in [0.1, 0.15) is 44.9 Å². The zero-order chi connectivity index (χ0) is 16.4. The van der Waals surface area contributed by atoms with Gasteiger partial charge in [0.15, 0.2) is 0 Å². The largest absolute Gasteiger partial charge is 0.480 e. The van der Waals surface area contributed by atoms with Gasteiger partial charge < -0.3 is 14.9 Å². The minimum atomic E-state index is -0.685. The molecule has 0 saturated carbocycles. The molecule has 130 valence electrons. The Balaban J connectivity index is 0.000000169. The van der Waals surface area contributed by atoms with Gasteiger partial charge in [-0.05, 0) is 92.4 Å². The predicted molar refractivity (Wildman–Crippen MR) is 91.4 cm³/mol. The zero-order valence-electron chi connectivity index (χ0n) is 14.8. The Hall–Kier alpha value is -0.650. The summed E-state index contributed by atoms with van der Waals surface area (Å²) in [7, 11) is 6.22. The lowest BCUT2D eigenvalue weighted by atomic mass is 10.1. The lowest BCUT2D eigenvalue weighted by Gasteiger charge is -2.20. The molecule has 1 N–H and O–H groups in total. The Morgan fingerprint density at radius 1 is 0.773 bits per heavy atom. The highest BCUT2D eigenvalue weighted by Crippen LogP contribution is 2.13. The summed E-state index contributed by atoms with van der Waals surface area (Å²) in [5, 5.41) is 8.54. The molecule has 0 aromatic carbocycles. The number of piperidine rings is 1. The van der Waals surface area contributed by atoms with Crippen molar-refractivity contribution in [2.75, 3.05) is 53.9 Å². The molecule has 3 fully saturated rings. The number of rotatable bonds is 1. The van der Waals surface area contributed by atoms with Crippen LogP contribution in [0.5, 0.6) is 0 Å². The van der Waals surface area contributed by atoms with Crippen molar-refractivity contribution in [3.05, 3.63) is 0 Å². The third-order valence-electron chi connectivity index (χ3n) is 4.71. The van der Waals surface area contributed by atoms with Crippen LogP contribution in [0, 0.1) is 0 Å². The molecule has 1 atom stereocenters. The number of carbonyl (C=O) groups is 1. The van der Waals surface area contributed by atoms with E-state index in [0.717, 1.165) is 19.4 Å². The van der Waals surface area contributed by atoms with Crippen LogP contribution in [-0.4, -0.2) is 85.7 Å². The maximum absolute atomic E-state index is 10.4. The summed E-state index contributed by atoms with van der Waals surface area (Å²) in [4.78, 5) is 17.0. The van der Waals surface area contributed by atoms with Crippen molar-refractivity contribution in [2.45, 2.75) is 51.0 Å². The summed E-state index contributed by atoms with van der Waals surface area (Å²) in [6.07, 6.45) is 8.93. The summed E-state index contributed by atoms with van der Waals surface area (Å²) in [6, 6.07) is -0.218. The van der Waals surface area contributed by atoms with Crippen LogP contribution >= 0.6 is 0 Å². The SMILES string of the molecule is CN1CCCC1.CN1CCCC1C(=O)O.CN1CCCCC1. The van der Waals surface area contributed by atoms with Crippen LogP contribution in [0.4, 0.5) is 0 Å². The first kappa shape index (κ1) is 19.4. The van der Waals surface area contributed by atoms with E-state index in [-0.39, 0.29) is 6.04 Å². The van der Waals surface area contributed by atoms with E-state index in [4.69, 9.17) is 5.11 Å². The molecule has 0 radical (unpaired) electrons. The second-order valence-corrected chi connectivity index (χ2v) is 6.85. The van der Waals surface area contributed by atoms with E-state index in [1.165, 1.54) is 58.3 Å². The maximum Gasteiger partial charge on any atom is 0.320 e. The Labute approximate surface area is 136 Å². The fraction of sp³-hybridized carbons (Fsp3) is 0.941. The van der Waals surface area contributed by atoms with Crippen LogP contribution in [0.3, 0.4) is 0 Å². The van der Waals surface area contributed by atoms with E-state index in [1.807, 2.05) is 11.9 Å². The van der Waals surface area contributed by atoms with Crippen molar-refractivity contribution in [3.63, 3.8) is 0 Å². The summed E-state index contributed by atoms with van der Waals surface area (Å²) in [6.45, 7) is 6.21. The molecular weight excluding hydrogens is 278 g/mol. The number of carboxylic acids is 1. The van der Waals surface area contributed by atoms with E-state index in [2.05, 4.69) is 23.9 Å². The van der Waals surface area contributed by atoms with Gasteiger partial charge in [-0.25, -0.2) is 0 Å². The first-order valence-electron chi connectivity index (χ1n) is 8.81. The van der Waals surface area contributed by atoms with Crippen LogP contribution < -0.4 is 0 Å². The van der Waals surface area contributed by atoms with E-state index in [1.54, 1.807) is 0 Å². The van der Waals surface area contributed by atoms with Crippen molar-refractivity contribution < 1.29 is 9.90 Å². The number of likely N-dealkylation sites (tertiary alicyclic amines) is 3. The first-order valence-corrected chi connectivity index (χ1v) is 8.81. The number of aliphatic carboxylic acids is 1. The summed E-state index contributed by atoms with van der Waals surface area (Å²) >= 11 is 0. The Kier molecular flexibility index (Phi) is 9.68. The molecule has 5 heteroatoms. The first-order chi connectivity index (χ1) is 10.5. The van der Waals surface area contributed by atoms with Crippen molar-refractivity contribution in [3.8, 4) is 0 Å². The maximum atomic E-state index is 10.4. The highest BCUT2D eigenvalue weighted by Gasteiger charge is 2.26. The summed E-state index contributed by atoms with van der Waals surface area (Å²) in [5.41, 5.74) is 0. The summed E-state index contributed by atoms with van der Waals surface area (Å²) < 4.78 is 0. The second kappa shape index (κ2) is 11.0. The second-order valence-electron chi connectivity index (χ2n) is 6.85. The fourth-order valence-corrected chi connectivity index (χ4v) is 3.15. The van der Waals surface area contributed by atoms with Crippen LogP contribution in [0.2, 0.25) is 0 Å². The average molecular weight is 313 g/mol. The number of hydrogen-bond acceptors (Lipinski definition) is 4. The number of likely N-dealkylation sites (N-methyl/N-ethyl adjacent to an activating group) is 1. The molecule has 0 aromatic heterocycles. The lowest BCUT2D eigenvalue weighted by molar-refractivity contribution is -0.141. The van der Waals surface area contributed by atoms with Gasteiger partial charge in [-0.2, -0.15) is 0 Å². The third-order valence-corrected chi connectivity index (χ3v) is 4.71. The van der Waals surface area contributed by atoms with Gasteiger partial charge in [-0.1, -0.05) is 6.42 Å². The molecule has 0 aliphatic carbocycles. The molecule has 3 rings (SSSR count). The predicted octanol–water partition coefficient (Wildman–Crippen LogP) is 1.98. The van der Waals surface area contributed by atoms with Crippen LogP contribution in [0.15, 0.2) is 0 Å². The highest BCUT2D eigenvalue weighted by atomic mass is 16.4. The lowest BCUT2D eigenvalue weighted by Crippen LogP contribution is -2.32. The molecular formula is C17H35N3O2. The molecule has 3 saturated heterocycles. The molecule has 3 aliphatic rings. The molecule has 0 spiro atoms. The van der Waals surface area contributed by atoms with Crippen molar-refractivity contribution in [2.24, 2.45) is 0 Å². The smallest absolute Gasteiger partial charge is 0.320 e. The van der Waals surface area contributed by atoms with Gasteiger partial charge in [0.2, 0.25) is 0 Å². The van der Waals surface area contributed by atoms with Gasteiger partial charge in [-0.3, -0.25) is 9.69 Å². The minimum Gasteiger partial charge on any atom is -0.480 e. The van der Waals surface area contributed by atoms with Crippen molar-refractivity contribution in [1.29, 1.82) is 0 Å². The van der Waals surface area contributed by atoms with E-state index in [0.29, 0.717) is 0 Å². The third kappa shape index (κ3) is 8.11. The number of carboxylic acid groups (broad SMARTS) is 1. The average Bonchev–Trinajstić information content (AvgIpc) is 3.12. The Morgan fingerprint density at radius 3 is 1.41 bits per heavy atom. The van der Waals surface area contributed by atoms with Gasteiger partial charge in [0.25, 0.3) is 0 Å². The molecule has 3 heterocycles. The normalized spacial score (nSPS) is 26.8. The van der Waals surface area contributed by atoms with Gasteiger partial charge >= 0.3 is 5.97 Å². The van der Waals surface area contributed by atoms with Crippen molar-refractivity contribution >= 4 is 5.97 Å². The molecule has 0 bridgehead atoms. The molecule has 5 nitrogen and oxygen atoms in total. The van der Waals surface area contributed by atoms with Gasteiger partial charge in [-0.15, -0.1) is 0 Å². The van der Waals surface area contributed by atoms with E-state index in [9.17, 15) is 4.79 Å². The highest BCUT2D eigenvalue weighted by molar-refractivity contribution is 5.73. The van der Waals surface area contributed by atoms with Crippen LogP contribution in [-0.2, 0) is 4.79 Å².